The van der Waals surface area contributed by atoms with Crippen LogP contribution >= 0.6 is 28.1 Å². The van der Waals surface area contributed by atoms with E-state index in [-0.39, 0.29) is 16.8 Å². The molecule has 0 fully saturated rings. The molecule has 0 radical (unpaired) electrons. The van der Waals surface area contributed by atoms with Gasteiger partial charge in [-0.05, 0) is 82.1 Å². The second-order valence-electron chi connectivity index (χ2n) is 6.62. The lowest BCUT2D eigenvalue weighted by Crippen LogP contribution is -2.32. The molecule has 0 saturated carbocycles. The third kappa shape index (κ3) is 6.23. The van der Waals surface area contributed by atoms with Crippen molar-refractivity contribution in [3.63, 3.8) is 0 Å². The highest BCUT2D eigenvalue weighted by Gasteiger charge is 2.08. The van der Waals surface area contributed by atoms with Gasteiger partial charge in [-0.2, -0.15) is 0 Å². The normalized spacial score (nSPS) is 10.7. The molecule has 0 aromatic heterocycles. The molecule has 3 rings (SSSR count). The molecule has 152 valence electrons. The first-order chi connectivity index (χ1) is 14.4. The van der Waals surface area contributed by atoms with E-state index >= 15 is 0 Å². The van der Waals surface area contributed by atoms with Crippen LogP contribution in [0.3, 0.4) is 0 Å². The summed E-state index contributed by atoms with van der Waals surface area (Å²) < 4.78 is 0.628. The van der Waals surface area contributed by atoms with Gasteiger partial charge >= 0.3 is 0 Å². The number of phenolic OH excluding ortho intramolecular Hbond substituents is 1. The number of hydrogen-bond acceptors (Lipinski definition) is 4. The SMILES string of the molecule is CC(=O)NC(=S)Nc1ccc(N=Cc2cc(Cc3ccccc3)cc(Br)c2O)cc1. The van der Waals surface area contributed by atoms with Crippen LogP contribution in [0.1, 0.15) is 23.6 Å². The van der Waals surface area contributed by atoms with E-state index < -0.39 is 0 Å². The van der Waals surface area contributed by atoms with Crippen LogP contribution in [-0.2, 0) is 11.2 Å². The van der Waals surface area contributed by atoms with E-state index in [1.165, 1.54) is 12.5 Å². The number of halogens is 1. The van der Waals surface area contributed by atoms with E-state index in [4.69, 9.17) is 12.2 Å². The Morgan fingerprint density at radius 3 is 2.47 bits per heavy atom. The lowest BCUT2D eigenvalue weighted by atomic mass is 10.0. The number of carbonyl (C=O) groups excluding carboxylic acids is 1. The van der Waals surface area contributed by atoms with Crippen LogP contribution < -0.4 is 10.6 Å². The van der Waals surface area contributed by atoms with Crippen LogP contribution in [0.2, 0.25) is 0 Å². The molecule has 5 nitrogen and oxygen atoms in total. The molecule has 0 aliphatic rings. The summed E-state index contributed by atoms with van der Waals surface area (Å²) in [4.78, 5) is 15.5. The van der Waals surface area contributed by atoms with Crippen LogP contribution in [0, 0.1) is 0 Å². The summed E-state index contributed by atoms with van der Waals surface area (Å²) in [5.41, 5.74) is 4.35. The number of amides is 1. The summed E-state index contributed by atoms with van der Waals surface area (Å²) in [5.74, 6) is -0.0799. The summed E-state index contributed by atoms with van der Waals surface area (Å²) in [7, 11) is 0. The number of carbonyl (C=O) groups is 1. The van der Waals surface area contributed by atoms with Crippen molar-refractivity contribution < 1.29 is 9.90 Å². The van der Waals surface area contributed by atoms with E-state index in [2.05, 4.69) is 43.7 Å². The van der Waals surface area contributed by atoms with Gasteiger partial charge in [-0.15, -0.1) is 0 Å². The summed E-state index contributed by atoms with van der Waals surface area (Å²) in [6.07, 6.45) is 2.40. The molecule has 0 heterocycles. The maximum Gasteiger partial charge on any atom is 0.222 e. The zero-order chi connectivity index (χ0) is 21.5. The third-order valence-electron chi connectivity index (χ3n) is 4.17. The third-order valence-corrected chi connectivity index (χ3v) is 4.98. The zero-order valence-corrected chi connectivity index (χ0v) is 18.6. The monoisotopic (exact) mass is 481 g/mol. The second kappa shape index (κ2) is 10.1. The van der Waals surface area contributed by atoms with Crippen LogP contribution in [0.15, 0.2) is 76.2 Å². The van der Waals surface area contributed by atoms with Gasteiger partial charge in [0.1, 0.15) is 5.75 Å². The highest BCUT2D eigenvalue weighted by atomic mass is 79.9. The van der Waals surface area contributed by atoms with Crippen molar-refractivity contribution in [1.82, 2.24) is 5.32 Å². The number of anilines is 1. The fourth-order valence-corrected chi connectivity index (χ4v) is 3.59. The number of thiocarbonyl (C=S) groups is 1. The van der Waals surface area contributed by atoms with Gasteiger partial charge in [-0.1, -0.05) is 30.3 Å². The largest absolute Gasteiger partial charge is 0.506 e. The van der Waals surface area contributed by atoms with Gasteiger partial charge in [-0.25, -0.2) is 0 Å². The maximum absolute atomic E-state index is 11.0. The Bertz CT molecular complexity index is 1080. The first-order valence-electron chi connectivity index (χ1n) is 9.19. The molecule has 0 atom stereocenters. The standard InChI is InChI=1S/C23H20BrN3O2S/c1-15(28)26-23(30)27-20-9-7-19(8-10-20)25-14-18-12-17(13-21(24)22(18)29)11-16-5-3-2-4-6-16/h2-10,12-14,29H,11H2,1H3,(H2,26,27,28,30). The molecule has 0 bridgehead atoms. The van der Waals surface area contributed by atoms with Gasteiger partial charge in [-0.3, -0.25) is 9.79 Å². The van der Waals surface area contributed by atoms with E-state index in [9.17, 15) is 9.90 Å². The van der Waals surface area contributed by atoms with Crippen molar-refractivity contribution in [3.8, 4) is 5.75 Å². The molecule has 0 aliphatic carbocycles. The molecule has 7 heteroatoms. The van der Waals surface area contributed by atoms with Gasteiger partial charge in [0.05, 0.1) is 10.2 Å². The molecule has 3 N–H and O–H groups in total. The summed E-state index contributed by atoms with van der Waals surface area (Å²) in [6.45, 7) is 1.40. The quantitative estimate of drug-likeness (QED) is 0.340. The van der Waals surface area contributed by atoms with Crippen molar-refractivity contribution in [2.75, 3.05) is 5.32 Å². The highest BCUT2D eigenvalue weighted by Crippen LogP contribution is 2.30. The van der Waals surface area contributed by atoms with Crippen molar-refractivity contribution in [1.29, 1.82) is 0 Å². The van der Waals surface area contributed by atoms with Gasteiger partial charge < -0.3 is 15.7 Å². The number of rotatable bonds is 5. The number of aliphatic imine (C=N–C) groups is 1. The van der Waals surface area contributed by atoms with Crippen LogP contribution in [-0.4, -0.2) is 22.3 Å². The lowest BCUT2D eigenvalue weighted by molar-refractivity contribution is -0.117. The molecular weight excluding hydrogens is 462 g/mol. The fourth-order valence-electron chi connectivity index (χ4n) is 2.81. The molecule has 0 spiro atoms. The van der Waals surface area contributed by atoms with Gasteiger partial charge in [0, 0.05) is 24.4 Å². The minimum absolute atomic E-state index is 0.148. The number of nitrogens with zero attached hydrogens (tertiary/aromatic N) is 1. The molecular formula is C23H20BrN3O2S. The van der Waals surface area contributed by atoms with Gasteiger partial charge in [0.25, 0.3) is 0 Å². The first kappa shape index (κ1) is 21.7. The molecule has 0 unspecified atom stereocenters. The smallest absolute Gasteiger partial charge is 0.222 e. The summed E-state index contributed by atoms with van der Waals surface area (Å²) in [6, 6.07) is 21.2. The highest BCUT2D eigenvalue weighted by molar-refractivity contribution is 9.10. The van der Waals surface area contributed by atoms with Crippen molar-refractivity contribution >= 4 is 56.8 Å². The Labute approximate surface area is 189 Å². The van der Waals surface area contributed by atoms with Crippen molar-refractivity contribution in [2.24, 2.45) is 4.99 Å². The average Bonchev–Trinajstić information content (AvgIpc) is 2.71. The Morgan fingerprint density at radius 2 is 1.80 bits per heavy atom. The number of aromatic hydroxyl groups is 1. The van der Waals surface area contributed by atoms with E-state index in [1.54, 1.807) is 6.21 Å². The number of benzene rings is 3. The van der Waals surface area contributed by atoms with Gasteiger partial charge in [0.15, 0.2) is 5.11 Å². The van der Waals surface area contributed by atoms with Gasteiger partial charge in [0.2, 0.25) is 5.91 Å². The van der Waals surface area contributed by atoms with Crippen LogP contribution in [0.25, 0.3) is 0 Å². The molecule has 1 amide bonds. The fraction of sp³-hybridized carbons (Fsp3) is 0.0870. The van der Waals surface area contributed by atoms with Crippen LogP contribution in [0.4, 0.5) is 11.4 Å². The van der Waals surface area contributed by atoms with Crippen LogP contribution in [0.5, 0.6) is 5.75 Å². The molecule has 3 aromatic rings. The Balaban J connectivity index is 1.73. The summed E-state index contributed by atoms with van der Waals surface area (Å²) >= 11 is 8.46. The van der Waals surface area contributed by atoms with Crippen molar-refractivity contribution in [3.05, 3.63) is 87.9 Å². The number of nitrogens with one attached hydrogen (secondary N) is 2. The number of phenols is 1. The minimum Gasteiger partial charge on any atom is -0.506 e. The zero-order valence-electron chi connectivity index (χ0n) is 16.2. The molecule has 3 aromatic carbocycles. The minimum atomic E-state index is -0.228. The Morgan fingerprint density at radius 1 is 1.10 bits per heavy atom. The average molecular weight is 482 g/mol. The Hall–Kier alpha value is -3.03. The maximum atomic E-state index is 11.0. The molecule has 30 heavy (non-hydrogen) atoms. The molecule has 0 aliphatic heterocycles. The van der Waals surface area contributed by atoms with E-state index in [1.807, 2.05) is 54.6 Å². The predicted molar refractivity (Wildman–Crippen MR) is 129 cm³/mol. The van der Waals surface area contributed by atoms with E-state index in [0.717, 1.165) is 23.4 Å². The predicted octanol–water partition coefficient (Wildman–Crippen LogP) is 5.33. The first-order valence-corrected chi connectivity index (χ1v) is 10.4. The lowest BCUT2D eigenvalue weighted by Gasteiger charge is -2.08. The topological polar surface area (TPSA) is 73.7 Å². The molecule has 0 saturated heterocycles. The van der Waals surface area contributed by atoms with Crippen molar-refractivity contribution in [2.45, 2.75) is 13.3 Å². The second-order valence-corrected chi connectivity index (χ2v) is 7.88. The number of hydrogen-bond donors (Lipinski definition) is 3. The van der Waals surface area contributed by atoms with E-state index in [0.29, 0.717) is 10.0 Å². The summed E-state index contributed by atoms with van der Waals surface area (Å²) in [5, 5.41) is 16.1. The Kier molecular flexibility index (Phi) is 7.32.